The highest BCUT2D eigenvalue weighted by Crippen LogP contribution is 2.31. The standard InChI is InChI=1S/C20H22N2OS/c1-13-9-10-14(20(2,3)4)11-17(13)24-12-18-21-16-8-6-5-7-15(16)19(23)22-18/h5-11H,12H2,1-4H3,(H,21,22,23). The molecule has 0 aliphatic heterocycles. The van der Waals surface area contributed by atoms with Gasteiger partial charge in [-0.3, -0.25) is 4.79 Å². The molecule has 0 atom stereocenters. The van der Waals surface area contributed by atoms with Crippen molar-refractivity contribution in [2.24, 2.45) is 0 Å². The van der Waals surface area contributed by atoms with Gasteiger partial charge in [0.25, 0.3) is 5.56 Å². The summed E-state index contributed by atoms with van der Waals surface area (Å²) in [6.45, 7) is 8.77. The first kappa shape index (κ1) is 16.8. The molecule has 0 fully saturated rings. The highest BCUT2D eigenvalue weighted by molar-refractivity contribution is 7.98. The maximum atomic E-state index is 12.2. The Balaban J connectivity index is 1.87. The summed E-state index contributed by atoms with van der Waals surface area (Å²) in [5.74, 6) is 1.36. The number of rotatable bonds is 3. The molecule has 0 unspecified atom stereocenters. The van der Waals surface area contributed by atoms with Crippen molar-refractivity contribution in [3.05, 3.63) is 69.8 Å². The number of thioether (sulfide) groups is 1. The van der Waals surface area contributed by atoms with Gasteiger partial charge in [0.1, 0.15) is 5.82 Å². The predicted molar refractivity (Wildman–Crippen MR) is 102 cm³/mol. The van der Waals surface area contributed by atoms with E-state index in [1.54, 1.807) is 17.8 Å². The van der Waals surface area contributed by atoms with E-state index in [0.29, 0.717) is 17.0 Å². The van der Waals surface area contributed by atoms with E-state index in [1.807, 2.05) is 18.2 Å². The monoisotopic (exact) mass is 338 g/mol. The number of hydrogen-bond acceptors (Lipinski definition) is 3. The van der Waals surface area contributed by atoms with E-state index in [0.717, 1.165) is 5.52 Å². The zero-order valence-electron chi connectivity index (χ0n) is 14.5. The minimum Gasteiger partial charge on any atom is -0.309 e. The molecule has 0 aliphatic rings. The number of nitrogens with zero attached hydrogens (tertiary/aromatic N) is 1. The SMILES string of the molecule is Cc1ccc(C(C)(C)C)cc1SCc1nc2ccccc2c(=O)[nH]1. The Labute approximate surface area is 146 Å². The van der Waals surface area contributed by atoms with E-state index in [-0.39, 0.29) is 11.0 Å². The molecule has 3 nitrogen and oxygen atoms in total. The summed E-state index contributed by atoms with van der Waals surface area (Å²) in [6, 6.07) is 14.0. The number of H-pyrrole nitrogens is 1. The van der Waals surface area contributed by atoms with E-state index >= 15 is 0 Å². The summed E-state index contributed by atoms with van der Waals surface area (Å²) in [7, 11) is 0. The van der Waals surface area contributed by atoms with E-state index in [2.05, 4.69) is 55.9 Å². The number of para-hydroxylation sites is 1. The van der Waals surface area contributed by atoms with Crippen molar-refractivity contribution in [1.29, 1.82) is 0 Å². The third-order valence-corrected chi connectivity index (χ3v) is 5.25. The molecular weight excluding hydrogens is 316 g/mol. The molecule has 0 radical (unpaired) electrons. The van der Waals surface area contributed by atoms with Gasteiger partial charge in [0, 0.05) is 4.90 Å². The molecule has 0 bridgehead atoms. The molecule has 4 heteroatoms. The lowest BCUT2D eigenvalue weighted by molar-refractivity contribution is 0.588. The van der Waals surface area contributed by atoms with Crippen molar-refractivity contribution < 1.29 is 0 Å². The maximum absolute atomic E-state index is 12.2. The molecule has 0 saturated heterocycles. The van der Waals surface area contributed by atoms with Crippen molar-refractivity contribution in [3.8, 4) is 0 Å². The molecule has 2 aromatic carbocycles. The fourth-order valence-electron chi connectivity index (χ4n) is 2.57. The van der Waals surface area contributed by atoms with E-state index < -0.39 is 0 Å². The molecule has 3 aromatic rings. The molecule has 1 aromatic heterocycles. The molecule has 1 heterocycles. The van der Waals surface area contributed by atoms with Gasteiger partial charge in [-0.15, -0.1) is 11.8 Å². The van der Waals surface area contributed by atoms with Crippen LogP contribution in [0.25, 0.3) is 10.9 Å². The highest BCUT2D eigenvalue weighted by atomic mass is 32.2. The van der Waals surface area contributed by atoms with Crippen LogP contribution in [0.5, 0.6) is 0 Å². The van der Waals surface area contributed by atoms with Crippen LogP contribution in [0.3, 0.4) is 0 Å². The lowest BCUT2D eigenvalue weighted by Crippen LogP contribution is -2.12. The fourth-order valence-corrected chi connectivity index (χ4v) is 3.51. The summed E-state index contributed by atoms with van der Waals surface area (Å²) >= 11 is 1.72. The third-order valence-electron chi connectivity index (χ3n) is 4.08. The van der Waals surface area contributed by atoms with Gasteiger partial charge in [0.2, 0.25) is 0 Å². The predicted octanol–water partition coefficient (Wildman–Crippen LogP) is 4.82. The van der Waals surface area contributed by atoms with E-state index in [4.69, 9.17) is 0 Å². The van der Waals surface area contributed by atoms with Crippen LogP contribution in [0.4, 0.5) is 0 Å². The Kier molecular flexibility index (Phi) is 4.50. The summed E-state index contributed by atoms with van der Waals surface area (Å²) in [4.78, 5) is 20.9. The number of aryl methyl sites for hydroxylation is 1. The lowest BCUT2D eigenvalue weighted by atomic mass is 9.87. The fraction of sp³-hybridized carbons (Fsp3) is 0.300. The minimum atomic E-state index is -0.0728. The van der Waals surface area contributed by atoms with E-state index in [1.165, 1.54) is 16.0 Å². The second kappa shape index (κ2) is 6.44. The maximum Gasteiger partial charge on any atom is 0.258 e. The van der Waals surface area contributed by atoms with Crippen LogP contribution >= 0.6 is 11.8 Å². The van der Waals surface area contributed by atoms with Crippen molar-refractivity contribution >= 4 is 22.7 Å². The van der Waals surface area contributed by atoms with Crippen LogP contribution in [-0.2, 0) is 11.2 Å². The van der Waals surface area contributed by atoms with Gasteiger partial charge in [-0.1, -0.05) is 45.0 Å². The van der Waals surface area contributed by atoms with Gasteiger partial charge < -0.3 is 4.98 Å². The summed E-state index contributed by atoms with van der Waals surface area (Å²) in [6.07, 6.45) is 0. The zero-order valence-corrected chi connectivity index (χ0v) is 15.3. The van der Waals surface area contributed by atoms with Gasteiger partial charge in [-0.25, -0.2) is 4.98 Å². The number of nitrogens with one attached hydrogen (secondary N) is 1. The topological polar surface area (TPSA) is 45.8 Å². The Morgan fingerprint density at radius 3 is 2.62 bits per heavy atom. The van der Waals surface area contributed by atoms with Gasteiger partial charge in [0.15, 0.2) is 0 Å². The van der Waals surface area contributed by atoms with Crippen LogP contribution in [0.2, 0.25) is 0 Å². The smallest absolute Gasteiger partial charge is 0.258 e. The van der Waals surface area contributed by atoms with Gasteiger partial charge >= 0.3 is 0 Å². The van der Waals surface area contributed by atoms with Crippen molar-refractivity contribution in [2.45, 2.75) is 43.8 Å². The molecule has 0 spiro atoms. The van der Waals surface area contributed by atoms with Crippen molar-refractivity contribution in [3.63, 3.8) is 0 Å². The Bertz CT molecular complexity index is 938. The van der Waals surface area contributed by atoms with Crippen LogP contribution in [-0.4, -0.2) is 9.97 Å². The van der Waals surface area contributed by atoms with Crippen LogP contribution < -0.4 is 5.56 Å². The number of fused-ring (bicyclic) bond motifs is 1. The average molecular weight is 338 g/mol. The van der Waals surface area contributed by atoms with Crippen LogP contribution in [0.1, 0.15) is 37.7 Å². The number of hydrogen-bond donors (Lipinski definition) is 1. The van der Waals surface area contributed by atoms with Crippen molar-refractivity contribution in [1.82, 2.24) is 9.97 Å². The molecule has 124 valence electrons. The number of aromatic amines is 1. The molecule has 0 aliphatic carbocycles. The average Bonchev–Trinajstić information content (AvgIpc) is 2.53. The first-order valence-corrected chi connectivity index (χ1v) is 9.05. The molecular formula is C20H22N2OS. The lowest BCUT2D eigenvalue weighted by Gasteiger charge is -2.20. The molecule has 0 saturated carbocycles. The quantitative estimate of drug-likeness (QED) is 0.696. The van der Waals surface area contributed by atoms with Crippen molar-refractivity contribution in [2.75, 3.05) is 0 Å². The highest BCUT2D eigenvalue weighted by Gasteiger charge is 2.15. The first-order valence-electron chi connectivity index (χ1n) is 8.06. The Morgan fingerprint density at radius 2 is 1.88 bits per heavy atom. The largest absolute Gasteiger partial charge is 0.309 e. The normalized spacial score (nSPS) is 11.8. The van der Waals surface area contributed by atoms with Gasteiger partial charge in [-0.2, -0.15) is 0 Å². The molecule has 1 N–H and O–H groups in total. The second-order valence-electron chi connectivity index (χ2n) is 7.05. The molecule has 0 amide bonds. The third kappa shape index (κ3) is 3.54. The minimum absolute atomic E-state index is 0.0728. The summed E-state index contributed by atoms with van der Waals surface area (Å²) < 4.78 is 0. The number of aromatic nitrogens is 2. The summed E-state index contributed by atoms with van der Waals surface area (Å²) in [5.41, 5.74) is 3.36. The Morgan fingerprint density at radius 1 is 1.12 bits per heavy atom. The first-order chi connectivity index (χ1) is 11.3. The zero-order chi connectivity index (χ0) is 17.3. The van der Waals surface area contributed by atoms with Crippen LogP contribution in [0, 0.1) is 6.92 Å². The Hall–Kier alpha value is -2.07. The van der Waals surface area contributed by atoms with Gasteiger partial charge in [0.05, 0.1) is 16.7 Å². The van der Waals surface area contributed by atoms with Crippen LogP contribution in [0.15, 0.2) is 52.2 Å². The van der Waals surface area contributed by atoms with Gasteiger partial charge in [-0.05, 0) is 41.7 Å². The second-order valence-corrected chi connectivity index (χ2v) is 8.07. The number of benzene rings is 2. The molecule has 24 heavy (non-hydrogen) atoms. The van der Waals surface area contributed by atoms with E-state index in [9.17, 15) is 4.79 Å². The summed E-state index contributed by atoms with van der Waals surface area (Å²) in [5, 5.41) is 0.636. The molecule has 3 rings (SSSR count).